The second-order valence-corrected chi connectivity index (χ2v) is 2.67. The summed E-state index contributed by atoms with van der Waals surface area (Å²) in [5, 5.41) is 0. The Labute approximate surface area is 71.1 Å². The maximum Gasteiger partial charge on any atom is 0.247 e. The SMILES string of the molecule is C[n+]1ccccc1-c1ccco1. The Balaban J connectivity index is 2.55. The Morgan fingerprint density at radius 3 is 2.75 bits per heavy atom. The van der Waals surface area contributed by atoms with Crippen molar-refractivity contribution in [3.63, 3.8) is 0 Å². The van der Waals surface area contributed by atoms with Crippen molar-refractivity contribution in [2.45, 2.75) is 0 Å². The van der Waals surface area contributed by atoms with E-state index in [0.29, 0.717) is 0 Å². The van der Waals surface area contributed by atoms with E-state index in [9.17, 15) is 0 Å². The molecule has 0 spiro atoms. The monoisotopic (exact) mass is 160 g/mol. The molecule has 2 heterocycles. The molecule has 0 aliphatic rings. The summed E-state index contributed by atoms with van der Waals surface area (Å²) < 4.78 is 7.31. The normalized spacial score (nSPS) is 10.1. The summed E-state index contributed by atoms with van der Waals surface area (Å²) in [5.41, 5.74) is 1.09. The molecule has 2 heteroatoms. The van der Waals surface area contributed by atoms with Crippen LogP contribution in [0.2, 0.25) is 0 Å². The summed E-state index contributed by atoms with van der Waals surface area (Å²) in [6.07, 6.45) is 3.68. The van der Waals surface area contributed by atoms with Gasteiger partial charge in [0.15, 0.2) is 12.0 Å². The van der Waals surface area contributed by atoms with Gasteiger partial charge in [-0.25, -0.2) is 0 Å². The van der Waals surface area contributed by atoms with Gasteiger partial charge in [0, 0.05) is 12.1 Å². The molecule has 2 aromatic rings. The van der Waals surface area contributed by atoms with Crippen LogP contribution in [-0.2, 0) is 7.05 Å². The Morgan fingerprint density at radius 2 is 2.08 bits per heavy atom. The summed E-state index contributed by atoms with van der Waals surface area (Å²) in [6, 6.07) is 9.86. The van der Waals surface area contributed by atoms with Crippen LogP contribution in [0.15, 0.2) is 47.2 Å². The van der Waals surface area contributed by atoms with Gasteiger partial charge in [-0.15, -0.1) is 0 Å². The smallest absolute Gasteiger partial charge is 0.247 e. The molecule has 0 amide bonds. The van der Waals surface area contributed by atoms with Crippen LogP contribution in [0.5, 0.6) is 0 Å². The molecule has 0 fully saturated rings. The standard InChI is InChI=1S/C10H10NO/c1-11-7-3-2-5-9(11)10-6-4-8-12-10/h2-8H,1H3/q+1. The third-order valence-corrected chi connectivity index (χ3v) is 1.83. The van der Waals surface area contributed by atoms with E-state index in [-0.39, 0.29) is 0 Å². The third kappa shape index (κ3) is 1.11. The lowest BCUT2D eigenvalue weighted by molar-refractivity contribution is -0.660. The molecule has 0 unspecified atom stereocenters. The summed E-state index contributed by atoms with van der Waals surface area (Å²) in [6.45, 7) is 0. The van der Waals surface area contributed by atoms with Crippen molar-refractivity contribution in [2.75, 3.05) is 0 Å². The Hall–Kier alpha value is -1.57. The van der Waals surface area contributed by atoms with Crippen molar-refractivity contribution in [1.29, 1.82) is 0 Å². The lowest BCUT2D eigenvalue weighted by Crippen LogP contribution is -2.29. The van der Waals surface area contributed by atoms with E-state index < -0.39 is 0 Å². The fourth-order valence-electron chi connectivity index (χ4n) is 1.20. The molecule has 0 aliphatic carbocycles. The molecule has 0 atom stereocenters. The van der Waals surface area contributed by atoms with Crippen molar-refractivity contribution < 1.29 is 8.98 Å². The summed E-state index contributed by atoms with van der Waals surface area (Å²) in [5.74, 6) is 0.901. The van der Waals surface area contributed by atoms with Crippen LogP contribution in [0.1, 0.15) is 0 Å². The first-order valence-electron chi connectivity index (χ1n) is 3.86. The predicted octanol–water partition coefficient (Wildman–Crippen LogP) is 1.77. The number of hydrogen-bond acceptors (Lipinski definition) is 1. The molecule has 2 aromatic heterocycles. The highest BCUT2D eigenvalue weighted by molar-refractivity contribution is 5.47. The van der Waals surface area contributed by atoms with Crippen LogP contribution < -0.4 is 4.57 Å². The molecular weight excluding hydrogens is 150 g/mol. The highest BCUT2D eigenvalue weighted by atomic mass is 16.3. The molecule has 2 rings (SSSR count). The maximum atomic E-state index is 5.28. The van der Waals surface area contributed by atoms with Crippen LogP contribution in [0, 0.1) is 0 Å². The van der Waals surface area contributed by atoms with Gasteiger partial charge in [0.2, 0.25) is 5.69 Å². The largest absolute Gasteiger partial charge is 0.458 e. The Morgan fingerprint density at radius 1 is 1.17 bits per heavy atom. The highest BCUT2D eigenvalue weighted by Gasteiger charge is 2.09. The van der Waals surface area contributed by atoms with Crippen LogP contribution in [0.25, 0.3) is 11.5 Å². The molecule has 0 saturated carbocycles. The number of rotatable bonds is 1. The van der Waals surface area contributed by atoms with E-state index in [0.717, 1.165) is 11.5 Å². The van der Waals surface area contributed by atoms with Crippen molar-refractivity contribution in [2.24, 2.45) is 7.05 Å². The van der Waals surface area contributed by atoms with Gasteiger partial charge in [-0.2, -0.15) is 4.57 Å². The summed E-state index contributed by atoms with van der Waals surface area (Å²) >= 11 is 0. The van der Waals surface area contributed by atoms with Crippen molar-refractivity contribution in [1.82, 2.24) is 0 Å². The van der Waals surface area contributed by atoms with E-state index in [2.05, 4.69) is 0 Å². The Bertz CT molecular complexity index is 365. The average molecular weight is 160 g/mol. The van der Waals surface area contributed by atoms with Crippen LogP contribution >= 0.6 is 0 Å². The molecule has 60 valence electrons. The second-order valence-electron chi connectivity index (χ2n) is 2.67. The van der Waals surface area contributed by atoms with Gasteiger partial charge < -0.3 is 4.42 Å². The first-order chi connectivity index (χ1) is 5.88. The molecule has 0 aliphatic heterocycles. The zero-order chi connectivity index (χ0) is 8.39. The van der Waals surface area contributed by atoms with Gasteiger partial charge in [-0.1, -0.05) is 0 Å². The molecule has 0 saturated heterocycles. The minimum atomic E-state index is 0.901. The quantitative estimate of drug-likeness (QED) is 0.581. The number of hydrogen-bond donors (Lipinski definition) is 0. The zero-order valence-corrected chi connectivity index (χ0v) is 6.90. The van der Waals surface area contributed by atoms with Gasteiger partial charge in [-0.3, -0.25) is 0 Å². The minimum Gasteiger partial charge on any atom is -0.458 e. The molecule has 12 heavy (non-hydrogen) atoms. The van der Waals surface area contributed by atoms with Crippen LogP contribution in [0.3, 0.4) is 0 Å². The minimum absolute atomic E-state index is 0.901. The van der Waals surface area contributed by atoms with Gasteiger partial charge in [0.25, 0.3) is 0 Å². The van der Waals surface area contributed by atoms with Crippen LogP contribution in [-0.4, -0.2) is 0 Å². The maximum absolute atomic E-state index is 5.28. The van der Waals surface area contributed by atoms with Gasteiger partial charge in [0.1, 0.15) is 7.05 Å². The van der Waals surface area contributed by atoms with E-state index in [4.69, 9.17) is 4.42 Å². The summed E-state index contributed by atoms with van der Waals surface area (Å²) in [7, 11) is 2.00. The first kappa shape index (κ1) is 7.10. The number of pyridine rings is 1. The van der Waals surface area contributed by atoms with E-state index in [1.807, 2.05) is 48.1 Å². The van der Waals surface area contributed by atoms with Crippen molar-refractivity contribution in [3.05, 3.63) is 42.8 Å². The second kappa shape index (κ2) is 2.81. The molecule has 2 nitrogen and oxygen atoms in total. The number of aryl methyl sites for hydroxylation is 1. The van der Waals surface area contributed by atoms with E-state index in [1.54, 1.807) is 6.26 Å². The predicted molar refractivity (Wildman–Crippen MR) is 45.3 cm³/mol. The number of nitrogens with zero attached hydrogens (tertiary/aromatic N) is 1. The average Bonchev–Trinajstić information content (AvgIpc) is 2.57. The van der Waals surface area contributed by atoms with Crippen molar-refractivity contribution in [3.8, 4) is 11.5 Å². The first-order valence-corrected chi connectivity index (χ1v) is 3.86. The fraction of sp³-hybridized carbons (Fsp3) is 0.100. The topological polar surface area (TPSA) is 17.0 Å². The van der Waals surface area contributed by atoms with E-state index >= 15 is 0 Å². The molecule has 0 bridgehead atoms. The van der Waals surface area contributed by atoms with Crippen molar-refractivity contribution >= 4 is 0 Å². The van der Waals surface area contributed by atoms with Crippen LogP contribution in [0.4, 0.5) is 0 Å². The number of furan rings is 1. The lowest BCUT2D eigenvalue weighted by atomic mass is 10.3. The summed E-state index contributed by atoms with van der Waals surface area (Å²) in [4.78, 5) is 0. The third-order valence-electron chi connectivity index (χ3n) is 1.83. The van der Waals surface area contributed by atoms with Gasteiger partial charge in [-0.05, 0) is 18.2 Å². The fourth-order valence-corrected chi connectivity index (χ4v) is 1.20. The Kier molecular flexibility index (Phi) is 1.67. The molecule has 0 radical (unpaired) electrons. The molecule has 0 aromatic carbocycles. The molecule has 0 N–H and O–H groups in total. The van der Waals surface area contributed by atoms with E-state index in [1.165, 1.54) is 0 Å². The lowest BCUT2D eigenvalue weighted by Gasteiger charge is -1.93. The highest BCUT2D eigenvalue weighted by Crippen LogP contribution is 2.13. The number of aromatic nitrogens is 1. The van der Waals surface area contributed by atoms with Gasteiger partial charge >= 0.3 is 0 Å². The molecular formula is C10H10NO+. The zero-order valence-electron chi connectivity index (χ0n) is 6.90. The van der Waals surface area contributed by atoms with Gasteiger partial charge in [0.05, 0.1) is 6.26 Å².